The number of aryl methyl sites for hydroxylation is 1. The summed E-state index contributed by atoms with van der Waals surface area (Å²) in [7, 11) is -3.77. The van der Waals surface area contributed by atoms with E-state index in [0.29, 0.717) is 20.6 Å². The molecule has 30 heavy (non-hydrogen) atoms. The number of benzene rings is 2. The normalized spacial score (nSPS) is 12.5. The van der Waals surface area contributed by atoms with Crippen LogP contribution in [0.3, 0.4) is 0 Å². The minimum absolute atomic E-state index is 0. The molecule has 2 heterocycles. The standard InChI is InChI=1S/C20H18N2O4S3.CH4/c1-11-6-15-16(26-10-25-15)8-14(11)12-4-3-5-13(7-12)29(23,24)18-9-17(19(21)22)28-20(18)27-2;/h3-9H,10H2,1-2H3,(H3,21,22);1H4. The molecule has 0 atom stereocenters. The van der Waals surface area contributed by atoms with Crippen molar-refractivity contribution in [2.24, 2.45) is 5.73 Å². The molecule has 0 amide bonds. The van der Waals surface area contributed by atoms with Crippen molar-refractivity contribution >= 4 is 38.8 Å². The van der Waals surface area contributed by atoms with Gasteiger partial charge in [0.25, 0.3) is 0 Å². The predicted octanol–water partition coefficient (Wildman–Crippen LogP) is 4.93. The topological polar surface area (TPSA) is 102 Å². The van der Waals surface area contributed by atoms with E-state index in [1.165, 1.54) is 29.2 Å². The maximum Gasteiger partial charge on any atom is 0.231 e. The first-order valence-corrected chi connectivity index (χ1v) is 12.1. The van der Waals surface area contributed by atoms with E-state index < -0.39 is 9.84 Å². The molecule has 0 saturated carbocycles. The number of hydrogen-bond acceptors (Lipinski definition) is 7. The smallest absolute Gasteiger partial charge is 0.231 e. The van der Waals surface area contributed by atoms with Gasteiger partial charge in [-0.2, -0.15) is 0 Å². The number of thiophene rings is 1. The number of hydrogen-bond donors (Lipinski definition) is 2. The molecule has 9 heteroatoms. The molecule has 1 aliphatic heterocycles. The highest BCUT2D eigenvalue weighted by molar-refractivity contribution is 8.01. The molecular formula is C21H22N2O4S3. The van der Waals surface area contributed by atoms with Crippen LogP contribution in [-0.4, -0.2) is 27.3 Å². The molecule has 0 spiro atoms. The molecular weight excluding hydrogens is 440 g/mol. The maximum atomic E-state index is 13.3. The van der Waals surface area contributed by atoms with Gasteiger partial charge in [-0.05, 0) is 60.2 Å². The molecule has 0 fully saturated rings. The Bertz CT molecular complexity index is 1230. The van der Waals surface area contributed by atoms with E-state index in [9.17, 15) is 8.42 Å². The van der Waals surface area contributed by atoms with Crippen LogP contribution in [0, 0.1) is 12.3 Å². The summed E-state index contributed by atoms with van der Waals surface area (Å²) >= 11 is 2.54. The van der Waals surface area contributed by atoms with E-state index in [4.69, 9.17) is 20.6 Å². The number of sulfone groups is 1. The summed E-state index contributed by atoms with van der Waals surface area (Å²) in [5.74, 6) is 1.19. The highest BCUT2D eigenvalue weighted by atomic mass is 32.2. The van der Waals surface area contributed by atoms with Crippen LogP contribution in [0.5, 0.6) is 11.5 Å². The third-order valence-corrected chi connectivity index (χ3v) is 8.92. The van der Waals surface area contributed by atoms with Gasteiger partial charge in [0, 0.05) is 0 Å². The first kappa shape index (κ1) is 22.2. The lowest BCUT2D eigenvalue weighted by atomic mass is 10.00. The fraction of sp³-hybridized carbons (Fsp3) is 0.190. The predicted molar refractivity (Wildman–Crippen MR) is 122 cm³/mol. The van der Waals surface area contributed by atoms with E-state index >= 15 is 0 Å². The number of rotatable bonds is 5. The zero-order chi connectivity index (χ0) is 20.8. The van der Waals surface area contributed by atoms with Gasteiger partial charge in [0.05, 0.1) is 18.9 Å². The van der Waals surface area contributed by atoms with Crippen molar-refractivity contribution in [1.29, 1.82) is 5.41 Å². The average Bonchev–Trinajstić information content (AvgIpc) is 3.34. The molecule has 0 unspecified atom stereocenters. The first-order chi connectivity index (χ1) is 13.8. The van der Waals surface area contributed by atoms with Crippen LogP contribution >= 0.6 is 23.1 Å². The number of nitrogens with one attached hydrogen (secondary N) is 1. The molecule has 2 aromatic carbocycles. The molecule has 0 radical (unpaired) electrons. The van der Waals surface area contributed by atoms with Gasteiger partial charge in [-0.1, -0.05) is 19.6 Å². The van der Waals surface area contributed by atoms with Gasteiger partial charge in [-0.15, -0.1) is 23.1 Å². The number of thioether (sulfide) groups is 1. The van der Waals surface area contributed by atoms with Crippen LogP contribution in [0.1, 0.15) is 17.9 Å². The second-order valence-electron chi connectivity index (χ2n) is 6.43. The Hall–Kier alpha value is -2.49. The van der Waals surface area contributed by atoms with E-state index in [1.807, 2.05) is 25.1 Å². The van der Waals surface area contributed by atoms with E-state index in [1.54, 1.807) is 24.5 Å². The number of nitrogens with two attached hydrogens (primary N) is 1. The summed E-state index contributed by atoms with van der Waals surface area (Å²) in [6.45, 7) is 2.13. The second-order valence-corrected chi connectivity index (χ2v) is 10.5. The summed E-state index contributed by atoms with van der Waals surface area (Å²) in [6.07, 6.45) is 1.81. The molecule has 3 N–H and O–H groups in total. The van der Waals surface area contributed by atoms with Gasteiger partial charge >= 0.3 is 0 Å². The van der Waals surface area contributed by atoms with Crippen LogP contribution in [0.4, 0.5) is 0 Å². The van der Waals surface area contributed by atoms with Gasteiger partial charge in [-0.25, -0.2) is 8.42 Å². The highest BCUT2D eigenvalue weighted by Crippen LogP contribution is 2.40. The average molecular weight is 463 g/mol. The Morgan fingerprint density at radius 1 is 1.17 bits per heavy atom. The first-order valence-electron chi connectivity index (χ1n) is 8.59. The van der Waals surface area contributed by atoms with Gasteiger partial charge in [0.15, 0.2) is 11.5 Å². The van der Waals surface area contributed by atoms with Gasteiger partial charge in [0.1, 0.15) is 5.84 Å². The van der Waals surface area contributed by atoms with Crippen LogP contribution < -0.4 is 15.2 Å². The Kier molecular flexibility index (Phi) is 6.16. The second kappa shape index (κ2) is 8.33. The van der Waals surface area contributed by atoms with Crippen molar-refractivity contribution in [3.8, 4) is 22.6 Å². The number of amidine groups is 1. The highest BCUT2D eigenvalue weighted by Gasteiger charge is 2.25. The molecule has 0 bridgehead atoms. The largest absolute Gasteiger partial charge is 0.454 e. The van der Waals surface area contributed by atoms with Crippen LogP contribution in [0.2, 0.25) is 0 Å². The Morgan fingerprint density at radius 3 is 2.53 bits per heavy atom. The number of nitrogen functional groups attached to an aromatic ring is 1. The van der Waals surface area contributed by atoms with E-state index in [-0.39, 0.29) is 29.8 Å². The van der Waals surface area contributed by atoms with Crippen LogP contribution in [0.15, 0.2) is 56.5 Å². The summed E-state index contributed by atoms with van der Waals surface area (Å²) in [4.78, 5) is 0.811. The zero-order valence-electron chi connectivity index (χ0n) is 15.7. The molecule has 1 aromatic heterocycles. The Labute approximate surface area is 184 Å². The minimum Gasteiger partial charge on any atom is -0.454 e. The fourth-order valence-corrected chi connectivity index (χ4v) is 7.04. The summed E-state index contributed by atoms with van der Waals surface area (Å²) in [5.41, 5.74) is 8.18. The third kappa shape index (κ3) is 3.80. The van der Waals surface area contributed by atoms with Gasteiger partial charge in [-0.3, -0.25) is 5.41 Å². The number of fused-ring (bicyclic) bond motifs is 1. The third-order valence-electron chi connectivity index (χ3n) is 4.58. The molecule has 3 aromatic rings. The molecule has 0 saturated heterocycles. The molecule has 6 nitrogen and oxygen atoms in total. The van der Waals surface area contributed by atoms with Crippen molar-refractivity contribution in [2.45, 2.75) is 28.4 Å². The molecule has 4 rings (SSSR count). The van der Waals surface area contributed by atoms with Crippen molar-refractivity contribution in [3.63, 3.8) is 0 Å². The molecule has 1 aliphatic rings. The van der Waals surface area contributed by atoms with Crippen molar-refractivity contribution in [2.75, 3.05) is 13.0 Å². The van der Waals surface area contributed by atoms with Gasteiger partial charge < -0.3 is 15.2 Å². The monoisotopic (exact) mass is 462 g/mol. The maximum absolute atomic E-state index is 13.3. The van der Waals surface area contributed by atoms with Crippen LogP contribution in [-0.2, 0) is 9.84 Å². The SMILES string of the molecule is C.CSc1sc(C(=N)N)cc1S(=O)(=O)c1cccc(-c2cc3c(cc2C)OCO3)c1. The Balaban J connectivity index is 0.00000256. The van der Waals surface area contributed by atoms with Gasteiger partial charge in [0.2, 0.25) is 16.6 Å². The molecule has 0 aliphatic carbocycles. The lowest BCUT2D eigenvalue weighted by Crippen LogP contribution is -2.08. The Morgan fingerprint density at radius 2 is 1.87 bits per heavy atom. The lowest BCUT2D eigenvalue weighted by Gasteiger charge is -2.10. The zero-order valence-corrected chi connectivity index (χ0v) is 18.1. The minimum atomic E-state index is -3.77. The van der Waals surface area contributed by atoms with Crippen LogP contribution in [0.25, 0.3) is 11.1 Å². The molecule has 158 valence electrons. The van der Waals surface area contributed by atoms with E-state index in [0.717, 1.165) is 16.7 Å². The van der Waals surface area contributed by atoms with Crippen molar-refractivity contribution < 1.29 is 17.9 Å². The fourth-order valence-electron chi connectivity index (χ4n) is 3.13. The van der Waals surface area contributed by atoms with E-state index in [2.05, 4.69) is 0 Å². The van der Waals surface area contributed by atoms with Crippen molar-refractivity contribution in [3.05, 3.63) is 52.9 Å². The van der Waals surface area contributed by atoms with Crippen molar-refractivity contribution in [1.82, 2.24) is 0 Å². The quantitative estimate of drug-likeness (QED) is 0.317. The number of ether oxygens (including phenoxy) is 2. The summed E-state index contributed by atoms with van der Waals surface area (Å²) < 4.78 is 38.2. The summed E-state index contributed by atoms with van der Waals surface area (Å²) in [6, 6.07) is 12.1. The lowest BCUT2D eigenvalue weighted by molar-refractivity contribution is 0.174. The summed E-state index contributed by atoms with van der Waals surface area (Å²) in [5, 5.41) is 7.62.